The molecule has 1 aromatic heterocycles. The number of aryl methyl sites for hydroxylation is 1. The Hall–Kier alpha value is -3.59. The van der Waals surface area contributed by atoms with Gasteiger partial charge in [-0.3, -0.25) is 10.1 Å². The molecule has 0 radical (unpaired) electrons. The summed E-state index contributed by atoms with van der Waals surface area (Å²) in [7, 11) is 0. The van der Waals surface area contributed by atoms with E-state index in [0.717, 1.165) is 11.1 Å². The van der Waals surface area contributed by atoms with E-state index in [1.165, 1.54) is 6.33 Å². The maximum atomic E-state index is 11.7. The van der Waals surface area contributed by atoms with Gasteiger partial charge in [-0.05, 0) is 48.4 Å². The molecule has 0 aliphatic carbocycles. The van der Waals surface area contributed by atoms with Gasteiger partial charge < -0.3 is 20.1 Å². The Morgan fingerprint density at radius 2 is 1.93 bits per heavy atom. The number of hydrogen-bond acceptors (Lipinski definition) is 8. The lowest BCUT2D eigenvalue weighted by Gasteiger charge is -2.12. The number of halogens is 1. The van der Waals surface area contributed by atoms with Crippen molar-refractivity contribution in [2.75, 3.05) is 17.4 Å². The van der Waals surface area contributed by atoms with E-state index < -0.39 is 4.92 Å². The van der Waals surface area contributed by atoms with E-state index in [0.29, 0.717) is 28.8 Å². The molecule has 0 unspecified atom stereocenters. The molecule has 0 bridgehead atoms. The van der Waals surface area contributed by atoms with Gasteiger partial charge >= 0.3 is 5.69 Å². The minimum absolute atomic E-state index is 0.0867. The highest BCUT2D eigenvalue weighted by Gasteiger charge is 2.23. The van der Waals surface area contributed by atoms with Crippen molar-refractivity contribution >= 4 is 34.6 Å². The van der Waals surface area contributed by atoms with Crippen LogP contribution in [0.3, 0.4) is 0 Å². The Labute approximate surface area is 170 Å². The van der Waals surface area contributed by atoms with Crippen LogP contribution in [0.2, 0.25) is 5.02 Å². The standard InChI is InChI=1S/C19H16ClN5O4/c1-11-6-13(20)3-4-14(11)24-19-17(25(26)27)18(22-9-23-19)21-8-12-2-5-15-16(7-12)29-10-28-15/h2-7,9H,8,10H2,1H3,(H2,21,22,23,24). The van der Waals surface area contributed by atoms with Gasteiger partial charge in [0.2, 0.25) is 18.4 Å². The number of benzene rings is 2. The molecule has 0 saturated carbocycles. The molecule has 4 rings (SSSR count). The van der Waals surface area contributed by atoms with Crippen molar-refractivity contribution in [2.24, 2.45) is 0 Å². The fraction of sp³-hybridized carbons (Fsp3) is 0.158. The number of nitrogens with zero attached hydrogens (tertiary/aromatic N) is 3. The van der Waals surface area contributed by atoms with Crippen LogP contribution in [-0.2, 0) is 6.54 Å². The van der Waals surface area contributed by atoms with Gasteiger partial charge in [-0.1, -0.05) is 17.7 Å². The Kier molecular flexibility index (Phi) is 5.05. The van der Waals surface area contributed by atoms with E-state index in [4.69, 9.17) is 21.1 Å². The van der Waals surface area contributed by atoms with Gasteiger partial charge in [-0.15, -0.1) is 0 Å². The zero-order chi connectivity index (χ0) is 20.4. The Morgan fingerprint density at radius 1 is 1.14 bits per heavy atom. The first-order valence-corrected chi connectivity index (χ1v) is 9.04. The molecule has 2 aromatic carbocycles. The second-order valence-corrected chi connectivity index (χ2v) is 6.74. The van der Waals surface area contributed by atoms with Crippen LogP contribution in [-0.4, -0.2) is 21.7 Å². The molecule has 9 nitrogen and oxygen atoms in total. The molecule has 0 amide bonds. The Bertz CT molecular complexity index is 1090. The zero-order valence-electron chi connectivity index (χ0n) is 15.3. The summed E-state index contributed by atoms with van der Waals surface area (Å²) in [4.78, 5) is 19.3. The highest BCUT2D eigenvalue weighted by Crippen LogP contribution is 2.34. The topological polar surface area (TPSA) is 111 Å². The zero-order valence-corrected chi connectivity index (χ0v) is 16.1. The van der Waals surface area contributed by atoms with Crippen molar-refractivity contribution in [1.29, 1.82) is 0 Å². The average molecular weight is 414 g/mol. The third kappa shape index (κ3) is 3.99. The summed E-state index contributed by atoms with van der Waals surface area (Å²) in [6.45, 7) is 2.34. The molecule has 10 heteroatoms. The third-order valence-corrected chi connectivity index (χ3v) is 4.58. The van der Waals surface area contributed by atoms with Crippen molar-refractivity contribution in [3.8, 4) is 11.5 Å². The average Bonchev–Trinajstić information content (AvgIpc) is 3.16. The number of aromatic nitrogens is 2. The highest BCUT2D eigenvalue weighted by atomic mass is 35.5. The highest BCUT2D eigenvalue weighted by molar-refractivity contribution is 6.30. The summed E-state index contributed by atoms with van der Waals surface area (Å²) in [6.07, 6.45) is 1.27. The molecule has 0 saturated heterocycles. The summed E-state index contributed by atoms with van der Waals surface area (Å²) in [5.74, 6) is 1.51. The van der Waals surface area contributed by atoms with Crippen molar-refractivity contribution in [3.63, 3.8) is 0 Å². The van der Waals surface area contributed by atoms with Crippen LogP contribution in [0.1, 0.15) is 11.1 Å². The van der Waals surface area contributed by atoms with Gasteiger partial charge in [-0.25, -0.2) is 9.97 Å². The largest absolute Gasteiger partial charge is 0.454 e. The Morgan fingerprint density at radius 3 is 2.72 bits per heavy atom. The van der Waals surface area contributed by atoms with Crippen LogP contribution in [0.25, 0.3) is 0 Å². The van der Waals surface area contributed by atoms with E-state index in [1.54, 1.807) is 24.3 Å². The maximum Gasteiger partial charge on any atom is 0.353 e. The number of anilines is 3. The normalized spacial score (nSPS) is 11.9. The lowest BCUT2D eigenvalue weighted by Crippen LogP contribution is -2.08. The van der Waals surface area contributed by atoms with Crippen LogP contribution in [0, 0.1) is 17.0 Å². The summed E-state index contributed by atoms with van der Waals surface area (Å²) in [6, 6.07) is 10.7. The third-order valence-electron chi connectivity index (χ3n) is 4.34. The van der Waals surface area contributed by atoms with E-state index in [-0.39, 0.29) is 24.1 Å². The molecule has 2 heterocycles. The fourth-order valence-electron chi connectivity index (χ4n) is 2.90. The monoisotopic (exact) mass is 413 g/mol. The first kappa shape index (κ1) is 18.8. The smallest absolute Gasteiger partial charge is 0.353 e. The van der Waals surface area contributed by atoms with Crippen LogP contribution >= 0.6 is 11.6 Å². The van der Waals surface area contributed by atoms with E-state index in [2.05, 4.69) is 20.6 Å². The molecule has 1 aliphatic heterocycles. The molecule has 0 spiro atoms. The number of nitro groups is 1. The first-order valence-electron chi connectivity index (χ1n) is 8.66. The van der Waals surface area contributed by atoms with Crippen molar-refractivity contribution in [2.45, 2.75) is 13.5 Å². The molecular weight excluding hydrogens is 398 g/mol. The number of nitrogens with one attached hydrogen (secondary N) is 2. The van der Waals surface area contributed by atoms with E-state index in [1.807, 2.05) is 19.1 Å². The second kappa shape index (κ2) is 7.80. The van der Waals surface area contributed by atoms with Crippen LogP contribution in [0.15, 0.2) is 42.7 Å². The number of hydrogen-bond donors (Lipinski definition) is 2. The molecule has 1 aliphatic rings. The fourth-order valence-corrected chi connectivity index (χ4v) is 3.13. The summed E-state index contributed by atoms with van der Waals surface area (Å²) in [5, 5.41) is 18.3. The van der Waals surface area contributed by atoms with Crippen molar-refractivity contribution in [3.05, 3.63) is 69.0 Å². The van der Waals surface area contributed by atoms with Crippen molar-refractivity contribution in [1.82, 2.24) is 9.97 Å². The molecule has 29 heavy (non-hydrogen) atoms. The predicted molar refractivity (Wildman–Crippen MR) is 108 cm³/mol. The lowest BCUT2D eigenvalue weighted by molar-refractivity contribution is -0.383. The quantitative estimate of drug-likeness (QED) is 0.451. The van der Waals surface area contributed by atoms with Crippen LogP contribution in [0.5, 0.6) is 11.5 Å². The SMILES string of the molecule is Cc1cc(Cl)ccc1Nc1ncnc(NCc2ccc3c(c2)OCO3)c1[N+](=O)[O-]. The predicted octanol–water partition coefficient (Wildman–Crippen LogP) is 4.43. The maximum absolute atomic E-state index is 11.7. The van der Waals surface area contributed by atoms with E-state index in [9.17, 15) is 10.1 Å². The van der Waals surface area contributed by atoms with Gasteiger partial charge in [0, 0.05) is 17.3 Å². The van der Waals surface area contributed by atoms with Gasteiger partial charge in [0.1, 0.15) is 6.33 Å². The molecule has 148 valence electrons. The lowest BCUT2D eigenvalue weighted by atomic mass is 10.2. The summed E-state index contributed by atoms with van der Waals surface area (Å²) < 4.78 is 10.6. The molecule has 3 aromatic rings. The minimum atomic E-state index is -0.518. The van der Waals surface area contributed by atoms with Gasteiger partial charge in [0.25, 0.3) is 0 Å². The molecule has 2 N–H and O–H groups in total. The number of ether oxygens (including phenoxy) is 2. The van der Waals surface area contributed by atoms with E-state index >= 15 is 0 Å². The Balaban J connectivity index is 1.58. The second-order valence-electron chi connectivity index (χ2n) is 6.30. The van der Waals surface area contributed by atoms with Crippen molar-refractivity contribution < 1.29 is 14.4 Å². The van der Waals surface area contributed by atoms with Gasteiger partial charge in [0.15, 0.2) is 11.5 Å². The summed E-state index contributed by atoms with van der Waals surface area (Å²) in [5.41, 5.74) is 2.12. The first-order chi connectivity index (χ1) is 14.0. The van der Waals surface area contributed by atoms with Crippen LogP contribution < -0.4 is 20.1 Å². The number of rotatable bonds is 6. The van der Waals surface area contributed by atoms with Gasteiger partial charge in [-0.2, -0.15) is 0 Å². The minimum Gasteiger partial charge on any atom is -0.454 e. The van der Waals surface area contributed by atoms with Crippen LogP contribution in [0.4, 0.5) is 23.0 Å². The van der Waals surface area contributed by atoms with Gasteiger partial charge in [0.05, 0.1) is 4.92 Å². The number of fused-ring (bicyclic) bond motifs is 1. The molecule has 0 fully saturated rings. The summed E-state index contributed by atoms with van der Waals surface area (Å²) >= 11 is 5.97. The molecular formula is C19H16ClN5O4. The molecule has 0 atom stereocenters.